The van der Waals surface area contributed by atoms with Crippen LogP contribution < -0.4 is 4.90 Å². The highest BCUT2D eigenvalue weighted by atomic mass is 32.2. The van der Waals surface area contributed by atoms with E-state index in [0.717, 1.165) is 34.1 Å². The Hall–Kier alpha value is -2.84. The number of rotatable bonds is 3. The summed E-state index contributed by atoms with van der Waals surface area (Å²) in [5, 5.41) is 11.2. The summed E-state index contributed by atoms with van der Waals surface area (Å²) in [4.78, 5) is 19.6. The predicted molar refractivity (Wildman–Crippen MR) is 114 cm³/mol. The van der Waals surface area contributed by atoms with E-state index in [1.54, 1.807) is 0 Å². The van der Waals surface area contributed by atoms with Crippen LogP contribution in [0.2, 0.25) is 0 Å². The molecule has 0 radical (unpaired) electrons. The Morgan fingerprint density at radius 1 is 1.25 bits per heavy atom. The molecule has 0 N–H and O–H groups in total. The molecule has 4 rings (SSSR count). The summed E-state index contributed by atoms with van der Waals surface area (Å²) in [7, 11) is 0. The van der Waals surface area contributed by atoms with Gasteiger partial charge in [-0.25, -0.2) is 4.98 Å². The van der Waals surface area contributed by atoms with E-state index in [-0.39, 0.29) is 17.7 Å². The van der Waals surface area contributed by atoms with Crippen molar-refractivity contribution in [2.45, 2.75) is 38.3 Å². The van der Waals surface area contributed by atoms with Crippen LogP contribution in [-0.4, -0.2) is 22.7 Å². The number of fused-ring (bicyclic) bond motifs is 2. The Labute approximate surface area is 169 Å². The molecule has 3 aromatic rings. The van der Waals surface area contributed by atoms with Crippen LogP contribution in [-0.2, 0) is 11.2 Å². The van der Waals surface area contributed by atoms with Crippen LogP contribution in [0.5, 0.6) is 0 Å². The van der Waals surface area contributed by atoms with Gasteiger partial charge in [-0.2, -0.15) is 5.26 Å². The Kier molecular flexibility index (Phi) is 4.82. The van der Waals surface area contributed by atoms with Crippen LogP contribution in [0.25, 0.3) is 10.9 Å². The molecule has 1 amide bonds. The van der Waals surface area contributed by atoms with Crippen LogP contribution in [0, 0.1) is 25.2 Å². The van der Waals surface area contributed by atoms with Gasteiger partial charge in [0.15, 0.2) is 0 Å². The van der Waals surface area contributed by atoms with Gasteiger partial charge < -0.3 is 4.90 Å². The molecule has 28 heavy (non-hydrogen) atoms. The summed E-state index contributed by atoms with van der Waals surface area (Å²) in [6, 6.07) is 16.4. The van der Waals surface area contributed by atoms with Gasteiger partial charge in [0, 0.05) is 17.1 Å². The fraction of sp³-hybridized carbons (Fsp3) is 0.261. The third-order valence-corrected chi connectivity index (χ3v) is 6.27. The number of carbonyl (C=O) groups is 1. The maximum atomic E-state index is 13.0. The van der Waals surface area contributed by atoms with Crippen LogP contribution in [0.4, 0.5) is 5.69 Å². The van der Waals surface area contributed by atoms with Crippen molar-refractivity contribution in [2.24, 2.45) is 0 Å². The lowest BCUT2D eigenvalue weighted by molar-refractivity contribution is -0.116. The van der Waals surface area contributed by atoms with Gasteiger partial charge in [-0.3, -0.25) is 4.79 Å². The number of carbonyl (C=O) groups excluding carboxylic acids is 1. The van der Waals surface area contributed by atoms with Gasteiger partial charge >= 0.3 is 0 Å². The molecule has 1 aliphatic heterocycles. The molecule has 1 aromatic heterocycles. The Bertz CT molecular complexity index is 1130. The van der Waals surface area contributed by atoms with Gasteiger partial charge in [0.1, 0.15) is 11.1 Å². The maximum Gasteiger partial charge on any atom is 0.237 e. The summed E-state index contributed by atoms with van der Waals surface area (Å²) in [6.45, 7) is 6.11. The fourth-order valence-electron chi connectivity index (χ4n) is 3.85. The Morgan fingerprint density at radius 3 is 2.79 bits per heavy atom. The minimum atomic E-state index is 0.0502. The number of hydrogen-bond acceptors (Lipinski definition) is 4. The predicted octanol–water partition coefficient (Wildman–Crippen LogP) is 4.79. The van der Waals surface area contributed by atoms with Crippen LogP contribution >= 0.6 is 11.8 Å². The minimum absolute atomic E-state index is 0.0502. The number of anilines is 1. The zero-order valence-corrected chi connectivity index (χ0v) is 17.0. The summed E-state index contributed by atoms with van der Waals surface area (Å²) >= 11 is 1.35. The second kappa shape index (κ2) is 7.29. The molecule has 140 valence electrons. The molecule has 1 atom stereocenters. The van der Waals surface area contributed by atoms with Crippen molar-refractivity contribution in [3.05, 3.63) is 64.7 Å². The lowest BCUT2D eigenvalue weighted by Gasteiger charge is -2.22. The topological polar surface area (TPSA) is 57.0 Å². The fourth-order valence-corrected chi connectivity index (χ4v) is 4.67. The van der Waals surface area contributed by atoms with Crippen LogP contribution in [0.3, 0.4) is 0 Å². The number of para-hydroxylation sites is 1. The number of nitriles is 1. The molecule has 1 unspecified atom stereocenters. The van der Waals surface area contributed by atoms with Gasteiger partial charge in [0.05, 0.1) is 16.8 Å². The number of nitrogens with zero attached hydrogens (tertiary/aromatic N) is 3. The summed E-state index contributed by atoms with van der Waals surface area (Å²) in [6.07, 6.45) is 0.878. The number of amides is 1. The lowest BCUT2D eigenvalue weighted by Crippen LogP contribution is -2.37. The first-order valence-corrected chi connectivity index (χ1v) is 10.3. The van der Waals surface area contributed by atoms with Crippen molar-refractivity contribution >= 4 is 34.3 Å². The molecular weight excluding hydrogens is 366 g/mol. The first-order valence-electron chi connectivity index (χ1n) is 9.33. The smallest absolute Gasteiger partial charge is 0.237 e. The summed E-state index contributed by atoms with van der Waals surface area (Å²) < 4.78 is 0. The number of thioether (sulfide) groups is 1. The highest BCUT2D eigenvalue weighted by Crippen LogP contribution is 2.33. The van der Waals surface area contributed by atoms with Gasteiger partial charge in [-0.05, 0) is 56.0 Å². The third kappa shape index (κ3) is 3.14. The van der Waals surface area contributed by atoms with Crippen LogP contribution in [0.1, 0.15) is 29.2 Å². The Balaban J connectivity index is 1.62. The number of pyridine rings is 1. The molecule has 1 aliphatic rings. The number of hydrogen-bond donors (Lipinski definition) is 0. The van der Waals surface area contributed by atoms with Crippen molar-refractivity contribution in [1.29, 1.82) is 5.26 Å². The molecule has 4 nitrogen and oxygen atoms in total. The normalized spacial score (nSPS) is 15.5. The lowest BCUT2D eigenvalue weighted by atomic mass is 10.0. The van der Waals surface area contributed by atoms with E-state index >= 15 is 0 Å². The molecular formula is C23H21N3OS. The van der Waals surface area contributed by atoms with Gasteiger partial charge in [-0.1, -0.05) is 42.1 Å². The average Bonchev–Trinajstić information content (AvgIpc) is 3.04. The van der Waals surface area contributed by atoms with E-state index in [0.29, 0.717) is 10.6 Å². The molecule has 0 spiro atoms. The number of benzene rings is 2. The second-order valence-electron chi connectivity index (χ2n) is 7.28. The quantitative estimate of drug-likeness (QED) is 0.606. The largest absolute Gasteiger partial charge is 0.308 e. The first-order chi connectivity index (χ1) is 13.5. The van der Waals surface area contributed by atoms with Crippen molar-refractivity contribution < 1.29 is 4.79 Å². The molecule has 0 saturated carbocycles. The summed E-state index contributed by atoms with van der Waals surface area (Å²) in [5.41, 5.74) is 5.79. The highest BCUT2D eigenvalue weighted by Gasteiger charge is 2.30. The van der Waals surface area contributed by atoms with E-state index in [9.17, 15) is 10.1 Å². The van der Waals surface area contributed by atoms with Gasteiger partial charge in [0.2, 0.25) is 5.91 Å². The molecule has 2 heterocycles. The molecule has 0 fully saturated rings. The molecule has 0 aliphatic carbocycles. The van der Waals surface area contributed by atoms with E-state index in [2.05, 4.69) is 19.1 Å². The molecule has 5 heteroatoms. The maximum absolute atomic E-state index is 13.0. The number of aromatic nitrogens is 1. The van der Waals surface area contributed by atoms with Crippen molar-refractivity contribution in [3.8, 4) is 6.07 Å². The van der Waals surface area contributed by atoms with Crippen molar-refractivity contribution in [3.63, 3.8) is 0 Å². The Morgan fingerprint density at radius 2 is 2.00 bits per heavy atom. The van der Waals surface area contributed by atoms with Crippen LogP contribution in [0.15, 0.2) is 47.5 Å². The molecule has 0 bridgehead atoms. The molecule has 2 aromatic carbocycles. The van der Waals surface area contributed by atoms with Gasteiger partial charge in [-0.15, -0.1) is 0 Å². The van der Waals surface area contributed by atoms with Crippen molar-refractivity contribution in [1.82, 2.24) is 4.98 Å². The first kappa shape index (κ1) is 18.5. The SMILES string of the molecule is Cc1ccc(C)c2nc(SCC(=O)N3c4ccccc4CC3C)c(C#N)cc12. The highest BCUT2D eigenvalue weighted by molar-refractivity contribution is 8.00. The van der Waals surface area contributed by atoms with E-state index < -0.39 is 0 Å². The van der Waals surface area contributed by atoms with Gasteiger partial charge in [0.25, 0.3) is 0 Å². The third-order valence-electron chi connectivity index (χ3n) is 5.30. The van der Waals surface area contributed by atoms with Crippen molar-refractivity contribution in [2.75, 3.05) is 10.7 Å². The standard InChI is InChI=1S/C23H21N3OS/c1-14-8-9-15(2)22-19(14)11-18(12-24)23(25-22)28-13-21(27)26-16(3)10-17-6-4-5-7-20(17)26/h4-9,11,16H,10,13H2,1-3H3. The number of aryl methyl sites for hydroxylation is 2. The molecule has 0 saturated heterocycles. The summed E-state index contributed by atoms with van der Waals surface area (Å²) in [5.74, 6) is 0.311. The minimum Gasteiger partial charge on any atom is -0.308 e. The zero-order chi connectivity index (χ0) is 19.8. The monoisotopic (exact) mass is 387 g/mol. The zero-order valence-electron chi connectivity index (χ0n) is 16.2. The second-order valence-corrected chi connectivity index (χ2v) is 8.25. The van der Waals surface area contributed by atoms with E-state index in [1.165, 1.54) is 17.3 Å². The van der Waals surface area contributed by atoms with E-state index in [1.807, 2.05) is 55.1 Å². The van der Waals surface area contributed by atoms with E-state index in [4.69, 9.17) is 4.98 Å². The average molecular weight is 388 g/mol.